The van der Waals surface area contributed by atoms with Gasteiger partial charge < -0.3 is 10.1 Å². The summed E-state index contributed by atoms with van der Waals surface area (Å²) in [5.74, 6) is 0.107. The molecule has 1 heterocycles. The molecule has 0 saturated carbocycles. The van der Waals surface area contributed by atoms with Crippen LogP contribution in [0.2, 0.25) is 0 Å². The van der Waals surface area contributed by atoms with Gasteiger partial charge in [-0.1, -0.05) is 60.7 Å². The van der Waals surface area contributed by atoms with E-state index in [2.05, 4.69) is 72.3 Å². The van der Waals surface area contributed by atoms with Gasteiger partial charge in [-0.3, -0.25) is 4.90 Å². The zero-order valence-electron chi connectivity index (χ0n) is 16.5. The van der Waals surface area contributed by atoms with Gasteiger partial charge in [-0.2, -0.15) is 0 Å². The van der Waals surface area contributed by atoms with Crippen molar-refractivity contribution in [2.45, 2.75) is 31.7 Å². The van der Waals surface area contributed by atoms with Crippen molar-refractivity contribution in [1.82, 2.24) is 10.2 Å². The van der Waals surface area contributed by atoms with E-state index in [1.165, 1.54) is 27.8 Å². The second-order valence-corrected chi connectivity index (χ2v) is 7.98. The predicted molar refractivity (Wildman–Crippen MR) is 112 cm³/mol. The smallest absolute Gasteiger partial charge is 0.407 e. The largest absolute Gasteiger partial charge is 0.449 e. The molecule has 1 aliphatic carbocycles. The van der Waals surface area contributed by atoms with Crippen molar-refractivity contribution in [3.8, 4) is 11.1 Å². The Bertz CT molecular complexity index is 823. The Morgan fingerprint density at radius 3 is 2.21 bits per heavy atom. The van der Waals surface area contributed by atoms with Crippen molar-refractivity contribution in [2.24, 2.45) is 0 Å². The van der Waals surface area contributed by atoms with Crippen molar-refractivity contribution < 1.29 is 9.53 Å². The van der Waals surface area contributed by atoms with E-state index < -0.39 is 0 Å². The second kappa shape index (κ2) is 8.19. The van der Waals surface area contributed by atoms with Crippen LogP contribution in [0.3, 0.4) is 0 Å². The first kappa shape index (κ1) is 18.8. The Hall–Kier alpha value is -2.59. The number of hydrogen-bond donors (Lipinski definition) is 1. The summed E-state index contributed by atoms with van der Waals surface area (Å²) in [7, 11) is 0. The van der Waals surface area contributed by atoms with Crippen molar-refractivity contribution in [3.63, 3.8) is 0 Å². The third-order valence-corrected chi connectivity index (χ3v) is 5.75. The number of hydrogen-bond acceptors (Lipinski definition) is 3. The van der Waals surface area contributed by atoms with E-state index >= 15 is 0 Å². The molecule has 0 radical (unpaired) electrons. The van der Waals surface area contributed by atoms with Crippen molar-refractivity contribution in [2.75, 3.05) is 26.2 Å². The SMILES string of the molecule is C=C(C)CN1CCC(NC(=O)OCC2c3ccccc3-c3ccccc32)CC1. The van der Waals surface area contributed by atoms with Gasteiger partial charge >= 0.3 is 6.09 Å². The number of benzene rings is 2. The molecule has 1 amide bonds. The molecule has 1 fully saturated rings. The summed E-state index contributed by atoms with van der Waals surface area (Å²) in [6, 6.07) is 17.0. The number of nitrogens with one attached hydrogen (secondary N) is 1. The molecule has 4 rings (SSSR count). The molecule has 0 atom stereocenters. The normalized spacial score (nSPS) is 17.0. The summed E-state index contributed by atoms with van der Waals surface area (Å²) in [6.45, 7) is 9.32. The maximum Gasteiger partial charge on any atom is 0.407 e. The first-order chi connectivity index (χ1) is 13.6. The van der Waals surface area contributed by atoms with E-state index in [0.29, 0.717) is 6.61 Å². The van der Waals surface area contributed by atoms with Gasteiger partial charge in [0.15, 0.2) is 0 Å². The number of ether oxygens (including phenoxy) is 1. The minimum Gasteiger partial charge on any atom is -0.449 e. The Balaban J connectivity index is 1.33. The van der Waals surface area contributed by atoms with E-state index in [0.717, 1.165) is 32.5 Å². The molecule has 0 unspecified atom stereocenters. The number of nitrogens with zero attached hydrogens (tertiary/aromatic N) is 1. The average molecular weight is 377 g/mol. The number of rotatable bonds is 5. The lowest BCUT2D eigenvalue weighted by atomic mass is 9.98. The molecule has 28 heavy (non-hydrogen) atoms. The van der Waals surface area contributed by atoms with Crippen LogP contribution in [-0.2, 0) is 4.74 Å². The van der Waals surface area contributed by atoms with Gasteiger partial charge in [0, 0.05) is 31.6 Å². The lowest BCUT2D eigenvalue weighted by Gasteiger charge is -2.32. The Morgan fingerprint density at radius 2 is 1.64 bits per heavy atom. The highest BCUT2D eigenvalue weighted by Crippen LogP contribution is 2.44. The third-order valence-electron chi connectivity index (χ3n) is 5.75. The Morgan fingerprint density at radius 1 is 1.07 bits per heavy atom. The maximum atomic E-state index is 12.4. The van der Waals surface area contributed by atoms with Gasteiger partial charge in [-0.25, -0.2) is 4.79 Å². The molecule has 4 heteroatoms. The molecule has 4 nitrogen and oxygen atoms in total. The molecule has 1 aliphatic heterocycles. The minimum absolute atomic E-state index is 0.107. The van der Waals surface area contributed by atoms with Gasteiger partial charge in [0.25, 0.3) is 0 Å². The lowest BCUT2D eigenvalue weighted by Crippen LogP contribution is -2.45. The fourth-order valence-corrected chi connectivity index (χ4v) is 4.42. The fraction of sp³-hybridized carbons (Fsp3) is 0.375. The summed E-state index contributed by atoms with van der Waals surface area (Å²) in [5.41, 5.74) is 6.16. The van der Waals surface area contributed by atoms with E-state index in [9.17, 15) is 4.79 Å². The summed E-state index contributed by atoms with van der Waals surface area (Å²) >= 11 is 0. The summed E-state index contributed by atoms with van der Waals surface area (Å²) in [5, 5.41) is 3.05. The topological polar surface area (TPSA) is 41.6 Å². The highest BCUT2D eigenvalue weighted by atomic mass is 16.5. The molecule has 0 aromatic heterocycles. The van der Waals surface area contributed by atoms with Crippen LogP contribution in [0.1, 0.15) is 36.8 Å². The molecular weight excluding hydrogens is 348 g/mol. The Labute approximate surface area is 167 Å². The van der Waals surface area contributed by atoms with Gasteiger partial charge in [-0.05, 0) is 42.0 Å². The zero-order valence-corrected chi connectivity index (χ0v) is 16.5. The predicted octanol–water partition coefficient (Wildman–Crippen LogP) is 4.57. The second-order valence-electron chi connectivity index (χ2n) is 7.98. The number of carbonyl (C=O) groups is 1. The van der Waals surface area contributed by atoms with E-state index in [4.69, 9.17) is 4.74 Å². The van der Waals surface area contributed by atoms with Crippen LogP contribution >= 0.6 is 0 Å². The molecule has 1 saturated heterocycles. The lowest BCUT2D eigenvalue weighted by molar-refractivity contribution is 0.131. The van der Waals surface area contributed by atoms with Gasteiger partial charge in [0.1, 0.15) is 6.61 Å². The molecule has 146 valence electrons. The van der Waals surface area contributed by atoms with Crippen LogP contribution in [0.5, 0.6) is 0 Å². The van der Waals surface area contributed by atoms with E-state index in [-0.39, 0.29) is 18.1 Å². The number of alkyl carbamates (subject to hydrolysis) is 1. The summed E-state index contributed by atoms with van der Waals surface area (Å²) < 4.78 is 5.66. The number of piperidine rings is 1. The van der Waals surface area contributed by atoms with Gasteiger partial charge in [0.05, 0.1) is 0 Å². The summed E-state index contributed by atoms with van der Waals surface area (Å²) in [4.78, 5) is 14.8. The number of likely N-dealkylation sites (tertiary alicyclic amines) is 1. The fourth-order valence-electron chi connectivity index (χ4n) is 4.42. The average Bonchev–Trinajstić information content (AvgIpc) is 3.01. The third kappa shape index (κ3) is 3.97. The van der Waals surface area contributed by atoms with Crippen molar-refractivity contribution in [1.29, 1.82) is 0 Å². The molecular formula is C24H28N2O2. The van der Waals surface area contributed by atoms with Crippen LogP contribution in [-0.4, -0.2) is 43.3 Å². The highest BCUT2D eigenvalue weighted by molar-refractivity contribution is 5.79. The van der Waals surface area contributed by atoms with E-state index in [1.807, 2.05) is 0 Å². The van der Waals surface area contributed by atoms with Crippen LogP contribution in [0, 0.1) is 0 Å². The monoisotopic (exact) mass is 376 g/mol. The zero-order chi connectivity index (χ0) is 19.5. The van der Waals surface area contributed by atoms with Gasteiger partial charge in [-0.15, -0.1) is 0 Å². The first-order valence-electron chi connectivity index (χ1n) is 10.1. The minimum atomic E-state index is -0.305. The quantitative estimate of drug-likeness (QED) is 0.778. The molecule has 2 aliphatic rings. The molecule has 2 aromatic carbocycles. The van der Waals surface area contributed by atoms with Gasteiger partial charge in [0.2, 0.25) is 0 Å². The van der Waals surface area contributed by atoms with Crippen molar-refractivity contribution in [3.05, 3.63) is 71.8 Å². The summed E-state index contributed by atoms with van der Waals surface area (Å²) in [6.07, 6.45) is 1.61. The van der Waals surface area contributed by atoms with Crippen LogP contribution < -0.4 is 5.32 Å². The molecule has 1 N–H and O–H groups in total. The van der Waals surface area contributed by atoms with Crippen LogP contribution in [0.4, 0.5) is 4.79 Å². The highest BCUT2D eigenvalue weighted by Gasteiger charge is 2.29. The number of carbonyl (C=O) groups excluding carboxylic acids is 1. The maximum absolute atomic E-state index is 12.4. The van der Waals surface area contributed by atoms with Crippen molar-refractivity contribution >= 4 is 6.09 Å². The number of fused-ring (bicyclic) bond motifs is 3. The van der Waals surface area contributed by atoms with E-state index in [1.54, 1.807) is 0 Å². The number of amides is 1. The Kier molecular flexibility index (Phi) is 5.49. The molecule has 0 bridgehead atoms. The standard InChI is InChI=1S/C24H28N2O2/c1-17(2)15-26-13-11-18(12-14-26)25-24(27)28-16-23-21-9-5-3-7-19(21)20-8-4-6-10-22(20)23/h3-10,18,23H,1,11-16H2,2H3,(H,25,27). The van der Waals surface area contributed by atoms with Crippen LogP contribution in [0.15, 0.2) is 60.7 Å². The molecule has 2 aromatic rings. The first-order valence-corrected chi connectivity index (χ1v) is 10.1. The van der Waals surface area contributed by atoms with Crippen LogP contribution in [0.25, 0.3) is 11.1 Å². The molecule has 0 spiro atoms.